The Morgan fingerprint density at radius 1 is 1.22 bits per heavy atom. The number of nitrogen functional groups attached to an aromatic ring is 1. The van der Waals surface area contributed by atoms with Crippen molar-refractivity contribution in [3.8, 4) is 0 Å². The molecule has 0 saturated heterocycles. The van der Waals surface area contributed by atoms with Gasteiger partial charge in [0.25, 0.3) is 0 Å². The van der Waals surface area contributed by atoms with Gasteiger partial charge in [0.15, 0.2) is 0 Å². The zero-order valence-corrected chi connectivity index (χ0v) is 12.1. The summed E-state index contributed by atoms with van der Waals surface area (Å²) in [6.45, 7) is 11.1. The molecule has 0 bridgehead atoms. The van der Waals surface area contributed by atoms with Crippen molar-refractivity contribution in [3.05, 3.63) is 24.3 Å². The van der Waals surface area contributed by atoms with E-state index in [4.69, 9.17) is 10.5 Å². The number of benzene rings is 1. The number of ether oxygens (including phenoxy) is 1. The Morgan fingerprint density at radius 2 is 1.94 bits per heavy atom. The zero-order chi connectivity index (χ0) is 13.6. The molecule has 0 aromatic heterocycles. The first-order valence-electron chi connectivity index (χ1n) is 6.67. The van der Waals surface area contributed by atoms with Crippen LogP contribution in [0.15, 0.2) is 24.3 Å². The Labute approximate surface area is 111 Å². The van der Waals surface area contributed by atoms with Crippen LogP contribution in [-0.2, 0) is 4.74 Å². The van der Waals surface area contributed by atoms with Gasteiger partial charge in [0.2, 0.25) is 0 Å². The van der Waals surface area contributed by atoms with E-state index in [1.54, 1.807) is 0 Å². The molecule has 0 atom stereocenters. The summed E-state index contributed by atoms with van der Waals surface area (Å²) >= 11 is 0. The fraction of sp³-hybridized carbons (Fsp3) is 0.600. The topological polar surface area (TPSA) is 38.5 Å². The van der Waals surface area contributed by atoms with E-state index in [0.717, 1.165) is 31.8 Å². The molecule has 1 aromatic rings. The first-order valence-corrected chi connectivity index (χ1v) is 6.67. The summed E-state index contributed by atoms with van der Waals surface area (Å²) in [6.07, 6.45) is 1.12. The summed E-state index contributed by atoms with van der Waals surface area (Å²) in [6, 6.07) is 8.03. The minimum Gasteiger partial charge on any atom is -0.399 e. The van der Waals surface area contributed by atoms with Gasteiger partial charge in [-0.3, -0.25) is 0 Å². The minimum absolute atomic E-state index is 0.0758. The first-order chi connectivity index (χ1) is 8.42. The van der Waals surface area contributed by atoms with Crippen molar-refractivity contribution in [1.29, 1.82) is 0 Å². The molecule has 3 heteroatoms. The van der Waals surface area contributed by atoms with Gasteiger partial charge in [-0.25, -0.2) is 0 Å². The number of nitrogens with zero attached hydrogens (tertiary/aromatic N) is 1. The van der Waals surface area contributed by atoms with Gasteiger partial charge >= 0.3 is 0 Å². The van der Waals surface area contributed by atoms with Gasteiger partial charge in [-0.1, -0.05) is 13.0 Å². The average Bonchev–Trinajstić information content (AvgIpc) is 2.26. The Morgan fingerprint density at radius 3 is 2.50 bits per heavy atom. The quantitative estimate of drug-likeness (QED) is 0.787. The van der Waals surface area contributed by atoms with Crippen molar-refractivity contribution in [3.63, 3.8) is 0 Å². The minimum atomic E-state index is -0.0758. The number of hydrogen-bond acceptors (Lipinski definition) is 3. The molecular weight excluding hydrogens is 224 g/mol. The standard InChI is InChI=1S/C15H26N2O/c1-5-9-17(10-11-18-15(2,3)4)14-8-6-7-13(16)12-14/h6-8,12H,5,9-11,16H2,1-4H3. The molecule has 102 valence electrons. The molecule has 0 heterocycles. The fourth-order valence-electron chi connectivity index (χ4n) is 1.82. The molecule has 1 rings (SSSR count). The first kappa shape index (κ1) is 14.8. The summed E-state index contributed by atoms with van der Waals surface area (Å²) in [5, 5.41) is 0. The van der Waals surface area contributed by atoms with Crippen LogP contribution in [0.1, 0.15) is 34.1 Å². The molecule has 0 aliphatic rings. The molecule has 18 heavy (non-hydrogen) atoms. The van der Waals surface area contributed by atoms with E-state index in [0.29, 0.717) is 0 Å². The van der Waals surface area contributed by atoms with Crippen LogP contribution in [0.2, 0.25) is 0 Å². The van der Waals surface area contributed by atoms with Gasteiger partial charge in [0.1, 0.15) is 0 Å². The van der Waals surface area contributed by atoms with Crippen LogP contribution in [0.3, 0.4) is 0 Å². The summed E-state index contributed by atoms with van der Waals surface area (Å²) in [4.78, 5) is 2.32. The highest BCUT2D eigenvalue weighted by Gasteiger charge is 2.11. The third-order valence-electron chi connectivity index (χ3n) is 2.63. The maximum Gasteiger partial charge on any atom is 0.0648 e. The number of hydrogen-bond donors (Lipinski definition) is 1. The molecular formula is C15H26N2O. The van der Waals surface area contributed by atoms with Gasteiger partial charge in [0.05, 0.1) is 12.2 Å². The molecule has 0 aliphatic heterocycles. The van der Waals surface area contributed by atoms with Crippen molar-refractivity contribution in [2.24, 2.45) is 0 Å². The van der Waals surface area contributed by atoms with E-state index in [9.17, 15) is 0 Å². The van der Waals surface area contributed by atoms with Crippen LogP contribution in [0.5, 0.6) is 0 Å². The lowest BCUT2D eigenvalue weighted by Gasteiger charge is -2.27. The SMILES string of the molecule is CCCN(CCOC(C)(C)C)c1cccc(N)c1. The van der Waals surface area contributed by atoms with Crippen molar-refractivity contribution < 1.29 is 4.74 Å². The van der Waals surface area contributed by atoms with Crippen LogP contribution in [0.25, 0.3) is 0 Å². The Kier molecular flexibility index (Phi) is 5.48. The van der Waals surface area contributed by atoms with E-state index >= 15 is 0 Å². The molecule has 3 nitrogen and oxygen atoms in total. The maximum atomic E-state index is 5.83. The number of nitrogens with two attached hydrogens (primary N) is 1. The Bertz CT molecular complexity index is 358. The number of rotatable bonds is 6. The molecule has 0 unspecified atom stereocenters. The molecule has 0 spiro atoms. The van der Waals surface area contributed by atoms with E-state index in [-0.39, 0.29) is 5.60 Å². The maximum absolute atomic E-state index is 5.83. The summed E-state index contributed by atoms with van der Waals surface area (Å²) in [5.41, 5.74) is 7.74. The number of anilines is 2. The third kappa shape index (κ3) is 5.41. The average molecular weight is 250 g/mol. The monoisotopic (exact) mass is 250 g/mol. The van der Waals surface area contributed by atoms with Crippen LogP contribution in [0, 0.1) is 0 Å². The summed E-state index contributed by atoms with van der Waals surface area (Å²) < 4.78 is 5.78. The highest BCUT2D eigenvalue weighted by atomic mass is 16.5. The lowest BCUT2D eigenvalue weighted by Crippen LogP contribution is -2.31. The lowest BCUT2D eigenvalue weighted by molar-refractivity contribution is 0.00136. The third-order valence-corrected chi connectivity index (χ3v) is 2.63. The molecule has 0 aliphatic carbocycles. The van der Waals surface area contributed by atoms with E-state index in [1.807, 2.05) is 18.2 Å². The summed E-state index contributed by atoms with van der Waals surface area (Å²) in [7, 11) is 0. The second kappa shape index (κ2) is 6.64. The van der Waals surface area contributed by atoms with Crippen LogP contribution in [-0.4, -0.2) is 25.3 Å². The van der Waals surface area contributed by atoms with Gasteiger partial charge < -0.3 is 15.4 Å². The highest BCUT2D eigenvalue weighted by Crippen LogP contribution is 2.18. The van der Waals surface area contributed by atoms with Crippen molar-refractivity contribution in [2.45, 2.75) is 39.7 Å². The largest absolute Gasteiger partial charge is 0.399 e. The van der Waals surface area contributed by atoms with E-state index < -0.39 is 0 Å². The lowest BCUT2D eigenvalue weighted by atomic mass is 10.2. The highest BCUT2D eigenvalue weighted by molar-refractivity contribution is 5.55. The smallest absolute Gasteiger partial charge is 0.0648 e. The van der Waals surface area contributed by atoms with Crippen molar-refractivity contribution >= 4 is 11.4 Å². The molecule has 0 amide bonds. The molecule has 0 fully saturated rings. The van der Waals surface area contributed by atoms with Crippen molar-refractivity contribution in [1.82, 2.24) is 0 Å². The Balaban J connectivity index is 2.60. The second-order valence-electron chi connectivity index (χ2n) is 5.54. The molecule has 0 radical (unpaired) electrons. The van der Waals surface area contributed by atoms with Crippen LogP contribution < -0.4 is 10.6 Å². The predicted molar refractivity (Wildman–Crippen MR) is 79.1 cm³/mol. The predicted octanol–water partition coefficient (Wildman–Crippen LogP) is 3.30. The second-order valence-corrected chi connectivity index (χ2v) is 5.54. The molecule has 1 aromatic carbocycles. The van der Waals surface area contributed by atoms with Gasteiger partial charge in [-0.15, -0.1) is 0 Å². The van der Waals surface area contributed by atoms with Crippen molar-refractivity contribution in [2.75, 3.05) is 30.3 Å². The van der Waals surface area contributed by atoms with Crippen LogP contribution >= 0.6 is 0 Å². The Hall–Kier alpha value is -1.22. The van der Waals surface area contributed by atoms with Gasteiger partial charge in [0, 0.05) is 24.5 Å². The molecule has 0 saturated carbocycles. The normalized spacial score (nSPS) is 11.6. The van der Waals surface area contributed by atoms with E-state index in [1.165, 1.54) is 5.69 Å². The van der Waals surface area contributed by atoms with Gasteiger partial charge in [-0.2, -0.15) is 0 Å². The zero-order valence-electron chi connectivity index (χ0n) is 12.1. The summed E-state index contributed by atoms with van der Waals surface area (Å²) in [5.74, 6) is 0. The fourth-order valence-corrected chi connectivity index (χ4v) is 1.82. The van der Waals surface area contributed by atoms with E-state index in [2.05, 4.69) is 38.7 Å². The van der Waals surface area contributed by atoms with Gasteiger partial charge in [-0.05, 0) is 45.4 Å². The molecule has 2 N–H and O–H groups in total. The van der Waals surface area contributed by atoms with Crippen LogP contribution in [0.4, 0.5) is 11.4 Å².